The molecule has 0 spiro atoms. The van der Waals surface area contributed by atoms with E-state index in [-0.39, 0.29) is 11.8 Å². The molecule has 82 valence electrons. The second-order valence-electron chi connectivity index (χ2n) is 3.61. The van der Waals surface area contributed by atoms with Crippen molar-refractivity contribution in [2.75, 3.05) is 0 Å². The first-order valence-electron chi connectivity index (χ1n) is 5.16. The van der Waals surface area contributed by atoms with E-state index in [0.717, 1.165) is 5.56 Å². The molecule has 15 heavy (non-hydrogen) atoms. The molecule has 2 nitrogen and oxygen atoms in total. The molecule has 0 aliphatic rings. The molecule has 1 atom stereocenters. The van der Waals surface area contributed by atoms with E-state index >= 15 is 0 Å². The van der Waals surface area contributed by atoms with E-state index < -0.39 is 0 Å². The van der Waals surface area contributed by atoms with E-state index in [2.05, 4.69) is 0 Å². The number of halogens is 1. The van der Waals surface area contributed by atoms with E-state index in [1.807, 2.05) is 31.2 Å². The maximum absolute atomic E-state index is 11.5. The lowest BCUT2D eigenvalue weighted by Crippen LogP contribution is -2.29. The highest BCUT2D eigenvalue weighted by Gasteiger charge is 2.10. The number of benzene rings is 1. The van der Waals surface area contributed by atoms with Crippen molar-refractivity contribution in [3.8, 4) is 0 Å². The topological polar surface area (TPSA) is 43.1 Å². The molecule has 1 aromatic carbocycles. The van der Waals surface area contributed by atoms with Gasteiger partial charge in [-0.1, -0.05) is 30.7 Å². The van der Waals surface area contributed by atoms with Gasteiger partial charge in [0.05, 0.1) is 6.04 Å². The van der Waals surface area contributed by atoms with Crippen LogP contribution in [0.3, 0.4) is 0 Å². The number of nitrogens with two attached hydrogens (primary N) is 1. The molecule has 0 radical (unpaired) electrons. The van der Waals surface area contributed by atoms with Crippen LogP contribution in [-0.2, 0) is 11.2 Å². The van der Waals surface area contributed by atoms with Crippen LogP contribution in [-0.4, -0.2) is 11.8 Å². The summed E-state index contributed by atoms with van der Waals surface area (Å²) in [4.78, 5) is 11.5. The molecule has 2 N–H and O–H groups in total. The summed E-state index contributed by atoms with van der Waals surface area (Å²) in [6, 6.07) is 7.25. The molecule has 0 aliphatic heterocycles. The van der Waals surface area contributed by atoms with Crippen molar-refractivity contribution in [1.29, 1.82) is 0 Å². The van der Waals surface area contributed by atoms with Crippen molar-refractivity contribution in [1.82, 2.24) is 0 Å². The molecular formula is C12H16ClNO. The molecule has 0 bridgehead atoms. The Morgan fingerprint density at radius 3 is 2.87 bits per heavy atom. The van der Waals surface area contributed by atoms with Crippen molar-refractivity contribution in [2.24, 2.45) is 5.73 Å². The number of aryl methyl sites for hydroxylation is 1. The van der Waals surface area contributed by atoms with E-state index in [4.69, 9.17) is 17.3 Å². The third kappa shape index (κ3) is 4.02. The normalized spacial score (nSPS) is 12.5. The standard InChI is InChI=1S/C12H16ClNO/c1-2-11(14)12(15)7-6-9-4-3-5-10(13)8-9/h3-5,8,11H,2,6-7,14H2,1H3. The highest BCUT2D eigenvalue weighted by molar-refractivity contribution is 6.30. The Balaban J connectivity index is 2.47. The van der Waals surface area contributed by atoms with Crippen molar-refractivity contribution in [3.05, 3.63) is 34.9 Å². The van der Waals surface area contributed by atoms with Crippen molar-refractivity contribution < 1.29 is 4.79 Å². The lowest BCUT2D eigenvalue weighted by atomic mass is 10.0. The van der Waals surface area contributed by atoms with Crippen LogP contribution in [0.2, 0.25) is 5.02 Å². The lowest BCUT2D eigenvalue weighted by molar-refractivity contribution is -0.120. The van der Waals surface area contributed by atoms with Crippen LogP contribution >= 0.6 is 11.6 Å². The highest BCUT2D eigenvalue weighted by Crippen LogP contribution is 2.12. The Hall–Kier alpha value is -0.860. The molecule has 0 saturated carbocycles. The zero-order valence-electron chi connectivity index (χ0n) is 8.87. The van der Waals surface area contributed by atoms with E-state index in [0.29, 0.717) is 24.3 Å². The van der Waals surface area contributed by atoms with Gasteiger partial charge in [-0.3, -0.25) is 4.79 Å². The first kappa shape index (κ1) is 12.2. The van der Waals surface area contributed by atoms with Gasteiger partial charge < -0.3 is 5.73 Å². The second-order valence-corrected chi connectivity index (χ2v) is 4.05. The Morgan fingerprint density at radius 1 is 1.53 bits per heavy atom. The molecule has 1 aromatic rings. The average molecular weight is 226 g/mol. The maximum Gasteiger partial charge on any atom is 0.149 e. The van der Waals surface area contributed by atoms with Gasteiger partial charge in [0, 0.05) is 11.4 Å². The minimum Gasteiger partial charge on any atom is -0.322 e. The van der Waals surface area contributed by atoms with Gasteiger partial charge in [0.15, 0.2) is 0 Å². The fourth-order valence-electron chi connectivity index (χ4n) is 1.37. The number of Topliss-reactive ketones (excluding diaryl/α,β-unsaturated/α-hetero) is 1. The van der Waals surface area contributed by atoms with E-state index in [9.17, 15) is 4.79 Å². The fourth-order valence-corrected chi connectivity index (χ4v) is 1.59. The van der Waals surface area contributed by atoms with Gasteiger partial charge in [0.2, 0.25) is 0 Å². The number of ketones is 1. The molecule has 3 heteroatoms. The molecule has 0 heterocycles. The zero-order chi connectivity index (χ0) is 11.3. The summed E-state index contributed by atoms with van der Waals surface area (Å²) < 4.78 is 0. The molecular weight excluding hydrogens is 210 g/mol. The fraction of sp³-hybridized carbons (Fsp3) is 0.417. The largest absolute Gasteiger partial charge is 0.322 e. The third-order valence-corrected chi connectivity index (χ3v) is 2.64. The van der Waals surface area contributed by atoms with Crippen LogP contribution in [0, 0.1) is 0 Å². The number of carbonyl (C=O) groups is 1. The minimum atomic E-state index is -0.316. The predicted octanol–water partition coefficient (Wildman–Crippen LogP) is 2.58. The highest BCUT2D eigenvalue weighted by atomic mass is 35.5. The molecule has 1 rings (SSSR count). The molecule has 1 unspecified atom stereocenters. The quantitative estimate of drug-likeness (QED) is 0.837. The predicted molar refractivity (Wildman–Crippen MR) is 63.0 cm³/mol. The van der Waals surface area contributed by atoms with Crippen LogP contribution in [0.25, 0.3) is 0 Å². The molecule has 0 aliphatic carbocycles. The van der Waals surface area contributed by atoms with Gasteiger partial charge in [0.25, 0.3) is 0 Å². The summed E-state index contributed by atoms with van der Waals surface area (Å²) in [5.41, 5.74) is 6.72. The lowest BCUT2D eigenvalue weighted by Gasteiger charge is -2.07. The summed E-state index contributed by atoms with van der Waals surface area (Å²) >= 11 is 5.84. The van der Waals surface area contributed by atoms with Gasteiger partial charge in [-0.2, -0.15) is 0 Å². The molecule has 0 saturated heterocycles. The maximum atomic E-state index is 11.5. The summed E-state index contributed by atoms with van der Waals surface area (Å²) in [7, 11) is 0. The zero-order valence-corrected chi connectivity index (χ0v) is 9.63. The number of carbonyl (C=O) groups excluding carboxylic acids is 1. The first-order chi connectivity index (χ1) is 7.13. The van der Waals surface area contributed by atoms with Gasteiger partial charge in [-0.25, -0.2) is 0 Å². The molecule has 0 amide bonds. The van der Waals surface area contributed by atoms with Gasteiger partial charge in [-0.05, 0) is 30.5 Å². The molecule has 0 fully saturated rings. The van der Waals surface area contributed by atoms with Gasteiger partial charge in [0.1, 0.15) is 5.78 Å². The number of rotatable bonds is 5. The molecule has 0 aromatic heterocycles. The Morgan fingerprint density at radius 2 is 2.27 bits per heavy atom. The smallest absolute Gasteiger partial charge is 0.149 e. The summed E-state index contributed by atoms with van der Waals surface area (Å²) in [5.74, 6) is 0.123. The summed E-state index contributed by atoms with van der Waals surface area (Å²) in [6.07, 6.45) is 1.91. The van der Waals surface area contributed by atoms with E-state index in [1.54, 1.807) is 0 Å². The Labute approximate surface area is 95.4 Å². The van der Waals surface area contributed by atoms with Crippen LogP contribution in [0.1, 0.15) is 25.3 Å². The van der Waals surface area contributed by atoms with E-state index in [1.165, 1.54) is 0 Å². The number of hydrogen-bond acceptors (Lipinski definition) is 2. The van der Waals surface area contributed by atoms with Crippen molar-refractivity contribution in [3.63, 3.8) is 0 Å². The van der Waals surface area contributed by atoms with Crippen LogP contribution in [0.5, 0.6) is 0 Å². The minimum absolute atomic E-state index is 0.123. The monoisotopic (exact) mass is 225 g/mol. The van der Waals surface area contributed by atoms with Gasteiger partial charge in [-0.15, -0.1) is 0 Å². The van der Waals surface area contributed by atoms with Gasteiger partial charge >= 0.3 is 0 Å². The SMILES string of the molecule is CCC(N)C(=O)CCc1cccc(Cl)c1. The first-order valence-corrected chi connectivity index (χ1v) is 5.54. The Bertz CT molecular complexity index is 338. The third-order valence-electron chi connectivity index (χ3n) is 2.40. The van der Waals surface area contributed by atoms with Crippen LogP contribution < -0.4 is 5.73 Å². The van der Waals surface area contributed by atoms with Crippen LogP contribution in [0.15, 0.2) is 24.3 Å². The summed E-state index contributed by atoms with van der Waals surface area (Å²) in [5, 5.41) is 0.708. The van der Waals surface area contributed by atoms with Crippen molar-refractivity contribution in [2.45, 2.75) is 32.2 Å². The van der Waals surface area contributed by atoms with Crippen LogP contribution in [0.4, 0.5) is 0 Å². The van der Waals surface area contributed by atoms with Crippen molar-refractivity contribution >= 4 is 17.4 Å². The number of hydrogen-bond donors (Lipinski definition) is 1. The average Bonchev–Trinajstić information content (AvgIpc) is 2.25. The summed E-state index contributed by atoms with van der Waals surface area (Å²) in [6.45, 7) is 1.92. The Kier molecular flexibility index (Phi) is 4.79. The second kappa shape index (κ2) is 5.89.